The smallest absolute Gasteiger partial charge is 0.462 e. The molecule has 0 saturated heterocycles. The van der Waals surface area contributed by atoms with Crippen LogP contribution in [0, 0.1) is 11.8 Å². The Balaban J connectivity index is 2.52. The number of aliphatic hydroxyl groups is 4. The van der Waals surface area contributed by atoms with Crippen molar-refractivity contribution >= 4 is 25.5 Å². The normalized spacial score (nSPS) is 20.1. The number of phosphoric acid groups is 1. The van der Waals surface area contributed by atoms with Crippen LogP contribution in [0.2, 0.25) is 0 Å². The van der Waals surface area contributed by atoms with Gasteiger partial charge in [0.2, 0.25) is 0 Å². The van der Waals surface area contributed by atoms with Gasteiger partial charge < -0.3 is 34.8 Å². The number of unbranched alkanes of at least 4 members (excludes halogenated alkanes) is 7. The average molecular weight is 867 g/mol. The van der Waals surface area contributed by atoms with Gasteiger partial charge in [0, 0.05) is 31.1 Å². The molecule has 1 unspecified atom stereocenters. The van der Waals surface area contributed by atoms with Crippen molar-refractivity contribution in [1.82, 2.24) is 0 Å². The van der Waals surface area contributed by atoms with Gasteiger partial charge in [-0.1, -0.05) is 119 Å². The predicted molar refractivity (Wildman–Crippen MR) is 234 cm³/mol. The van der Waals surface area contributed by atoms with Crippen LogP contribution in [0.4, 0.5) is 0 Å². The Morgan fingerprint density at radius 2 is 1.30 bits per heavy atom. The number of hydrogen-bond donors (Lipinski definition) is 5. The summed E-state index contributed by atoms with van der Waals surface area (Å²) in [6.45, 7) is 1.86. The van der Waals surface area contributed by atoms with E-state index < -0.39 is 70.6 Å². The summed E-state index contributed by atoms with van der Waals surface area (Å²) in [5, 5.41) is 39.0. The lowest BCUT2D eigenvalue weighted by Crippen LogP contribution is -2.29. The van der Waals surface area contributed by atoms with Crippen LogP contribution in [-0.4, -0.2) is 93.9 Å². The second-order valence-electron chi connectivity index (χ2n) is 15.1. The maximum absolute atomic E-state index is 12.6. The highest BCUT2D eigenvalue weighted by atomic mass is 31.2. The molecule has 1 aliphatic rings. The second-order valence-corrected chi connectivity index (χ2v) is 16.6. The van der Waals surface area contributed by atoms with Gasteiger partial charge in [-0.2, -0.15) is 0 Å². The molecule has 0 aromatic carbocycles. The van der Waals surface area contributed by atoms with Gasteiger partial charge in [-0.3, -0.25) is 23.4 Å². The summed E-state index contributed by atoms with van der Waals surface area (Å²) < 4.78 is 32.6. The monoisotopic (exact) mass is 866 g/mol. The molecule has 13 nitrogen and oxygen atoms in total. The zero-order valence-corrected chi connectivity index (χ0v) is 37.0. The molecule has 0 aromatic heterocycles. The molecule has 1 saturated carbocycles. The van der Waals surface area contributed by atoms with Crippen molar-refractivity contribution in [2.45, 2.75) is 160 Å². The zero-order chi connectivity index (χ0) is 44.3. The van der Waals surface area contributed by atoms with E-state index in [1.54, 1.807) is 12.2 Å². The maximum atomic E-state index is 12.6. The molecular weight excluding hydrogens is 791 g/mol. The minimum absolute atomic E-state index is 0.0246. The molecule has 14 heteroatoms. The molecule has 0 radical (unpaired) electrons. The van der Waals surface area contributed by atoms with Crippen LogP contribution in [-0.2, 0) is 37.5 Å². The average Bonchev–Trinajstić information content (AvgIpc) is 3.49. The van der Waals surface area contributed by atoms with Gasteiger partial charge in [0.25, 0.3) is 0 Å². The van der Waals surface area contributed by atoms with Crippen molar-refractivity contribution in [3.05, 3.63) is 72.9 Å². The zero-order valence-electron chi connectivity index (χ0n) is 36.1. The van der Waals surface area contributed by atoms with Crippen LogP contribution in [0.15, 0.2) is 72.9 Å². The van der Waals surface area contributed by atoms with Gasteiger partial charge >= 0.3 is 19.8 Å². The van der Waals surface area contributed by atoms with E-state index in [-0.39, 0.29) is 36.9 Å². The molecule has 0 heterocycles. The minimum Gasteiger partial charge on any atom is -0.462 e. The Morgan fingerprint density at radius 3 is 1.92 bits per heavy atom. The van der Waals surface area contributed by atoms with E-state index in [0.717, 1.165) is 44.9 Å². The van der Waals surface area contributed by atoms with Crippen molar-refractivity contribution in [3.63, 3.8) is 0 Å². The number of hydrogen-bond acceptors (Lipinski definition) is 12. The van der Waals surface area contributed by atoms with E-state index >= 15 is 0 Å². The van der Waals surface area contributed by atoms with Gasteiger partial charge in [0.05, 0.1) is 32.0 Å². The highest BCUT2D eigenvalue weighted by molar-refractivity contribution is 7.47. The third-order valence-corrected chi connectivity index (χ3v) is 10.7. The minimum atomic E-state index is -4.70. The number of allylic oxidation sites excluding steroid dienone is 10. The van der Waals surface area contributed by atoms with Gasteiger partial charge in [-0.25, -0.2) is 4.57 Å². The summed E-state index contributed by atoms with van der Waals surface area (Å²) in [6, 6.07) is 0. The summed E-state index contributed by atoms with van der Waals surface area (Å²) >= 11 is 0. The Kier molecular flexibility index (Phi) is 32.6. The molecule has 0 spiro atoms. The van der Waals surface area contributed by atoms with Crippen LogP contribution < -0.4 is 0 Å². The molecule has 7 atom stereocenters. The molecule has 0 aromatic rings. The number of rotatable bonds is 36. The van der Waals surface area contributed by atoms with Crippen LogP contribution in [0.1, 0.15) is 136 Å². The van der Waals surface area contributed by atoms with E-state index in [0.29, 0.717) is 38.5 Å². The van der Waals surface area contributed by atoms with Crippen molar-refractivity contribution in [2.75, 3.05) is 26.4 Å². The third kappa shape index (κ3) is 29.3. The maximum Gasteiger partial charge on any atom is 0.472 e. The van der Waals surface area contributed by atoms with E-state index in [9.17, 15) is 39.2 Å². The number of ketones is 1. The molecule has 1 fully saturated rings. The fourth-order valence-electron chi connectivity index (χ4n) is 6.20. The molecule has 0 amide bonds. The highest BCUT2D eigenvalue weighted by Gasteiger charge is 2.39. The Morgan fingerprint density at radius 1 is 0.750 bits per heavy atom. The first-order valence-electron chi connectivity index (χ1n) is 22.0. The first kappa shape index (κ1) is 55.0. The summed E-state index contributed by atoms with van der Waals surface area (Å²) in [4.78, 5) is 47.7. The quantitative estimate of drug-likeness (QED) is 0.0174. The van der Waals surface area contributed by atoms with E-state index in [1.807, 2.05) is 24.3 Å². The lowest BCUT2D eigenvalue weighted by atomic mass is 9.90. The molecule has 1 aliphatic carbocycles. The number of carbonyl (C=O) groups is 3. The van der Waals surface area contributed by atoms with E-state index in [2.05, 4.69) is 54.8 Å². The first-order chi connectivity index (χ1) is 28.9. The third-order valence-electron chi connectivity index (χ3n) is 9.70. The van der Waals surface area contributed by atoms with Gasteiger partial charge in [-0.05, 0) is 70.6 Å². The lowest BCUT2D eigenvalue weighted by molar-refractivity contribution is -0.161. The predicted octanol–water partition coefficient (Wildman–Crippen LogP) is 8.25. The summed E-state index contributed by atoms with van der Waals surface area (Å²) in [5.41, 5.74) is 0. The number of Topliss-reactive ketones (excluding diaryl/α,β-unsaturated/α-hetero) is 1. The molecular formula is C46H75O13P. The van der Waals surface area contributed by atoms with Crippen LogP contribution >= 0.6 is 7.82 Å². The van der Waals surface area contributed by atoms with Crippen molar-refractivity contribution < 1.29 is 62.8 Å². The fraction of sp³-hybridized carbons (Fsp3) is 0.674. The number of ether oxygens (including phenoxy) is 2. The van der Waals surface area contributed by atoms with Gasteiger partial charge in [0.1, 0.15) is 18.5 Å². The lowest BCUT2D eigenvalue weighted by Gasteiger charge is -2.20. The Labute approximate surface area is 358 Å². The SMILES string of the molecule is CCCCC/C=C\C/C=C\C/C=C\C/C=C\CCCC(=O)O[C@H](COC(=O)CCC/C=C\C[C@H]1C(=O)C[C@@H](O)[C@@H]1/C=C/[C@@H](O)CCCCC)COP(=O)(O)OC[C@@H](O)CO. The van der Waals surface area contributed by atoms with Crippen LogP contribution in [0.25, 0.3) is 0 Å². The molecule has 60 heavy (non-hydrogen) atoms. The number of esters is 2. The molecule has 1 rings (SSSR count). The molecule has 342 valence electrons. The number of phosphoric ester groups is 1. The first-order valence-corrected chi connectivity index (χ1v) is 23.5. The van der Waals surface area contributed by atoms with Gasteiger partial charge in [-0.15, -0.1) is 0 Å². The van der Waals surface area contributed by atoms with Crippen molar-refractivity contribution in [2.24, 2.45) is 11.8 Å². The van der Waals surface area contributed by atoms with E-state index in [4.69, 9.17) is 19.1 Å². The standard InChI is InChI=1S/C46H75O13P/c1-3-5-7-8-9-10-11-12-13-14-15-16-17-18-19-20-26-30-46(53)59-40(37-58-60(54,55)57-35-39(49)34-47)36-56-45(52)29-25-22-21-24-28-41-42(44(51)33-43(41)50)32-31-38(48)27-23-6-4-2/h9-10,12-13,15-16,18-19,21,24,31-32,38-42,44,47-49,51H,3-8,11,14,17,20,22-23,25-30,33-37H2,1-2H3,(H,54,55)/b10-9-,13-12-,16-15-,19-18-,24-21-,32-31+/t38-,39-,40+,41+,42+,44+/m0/s1. The highest BCUT2D eigenvalue weighted by Crippen LogP contribution is 2.43. The fourth-order valence-corrected chi connectivity index (χ4v) is 6.99. The van der Waals surface area contributed by atoms with Crippen LogP contribution in [0.3, 0.4) is 0 Å². The second kappa shape index (κ2) is 35.6. The summed E-state index contributed by atoms with van der Waals surface area (Å²) in [6.07, 6.45) is 33.8. The van der Waals surface area contributed by atoms with Crippen molar-refractivity contribution in [3.8, 4) is 0 Å². The molecule has 0 aliphatic heterocycles. The number of aliphatic hydroxyl groups excluding tert-OH is 4. The molecule has 5 N–H and O–H groups in total. The van der Waals surface area contributed by atoms with Gasteiger partial charge in [0.15, 0.2) is 6.10 Å². The summed E-state index contributed by atoms with van der Waals surface area (Å²) in [7, 11) is -4.70. The Bertz CT molecular complexity index is 1390. The largest absolute Gasteiger partial charge is 0.472 e. The molecule has 0 bridgehead atoms. The van der Waals surface area contributed by atoms with E-state index in [1.165, 1.54) is 19.3 Å². The topological polar surface area (TPSA) is 206 Å². The summed E-state index contributed by atoms with van der Waals surface area (Å²) in [5.74, 6) is -1.98. The Hall–Kier alpha value is -3.00. The van der Waals surface area contributed by atoms with Crippen molar-refractivity contribution in [1.29, 1.82) is 0 Å². The van der Waals surface area contributed by atoms with Crippen LogP contribution in [0.5, 0.6) is 0 Å². The number of carbonyl (C=O) groups excluding carboxylic acids is 3.